The Bertz CT molecular complexity index is 1240. The zero-order chi connectivity index (χ0) is 20.5. The minimum atomic E-state index is -0.338. The fourth-order valence-electron chi connectivity index (χ4n) is 2.96. The average Bonchev–Trinajstić information content (AvgIpc) is 3.12. The van der Waals surface area contributed by atoms with Gasteiger partial charge in [0, 0.05) is 10.0 Å². The predicted octanol–water partition coefficient (Wildman–Crippen LogP) is 6.48. The number of carbonyl (C=O) groups is 1. The van der Waals surface area contributed by atoms with Crippen molar-refractivity contribution in [3.05, 3.63) is 75.2 Å². The number of benzene rings is 3. The highest BCUT2D eigenvalue weighted by Crippen LogP contribution is 2.32. The Labute approximate surface area is 180 Å². The fraction of sp³-hybridized carbons (Fsp3) is 0.0909. The second-order valence-electron chi connectivity index (χ2n) is 6.48. The molecule has 0 aliphatic carbocycles. The maximum atomic E-state index is 12.8. The van der Waals surface area contributed by atoms with Gasteiger partial charge in [0.2, 0.25) is 5.89 Å². The topological polar surface area (TPSA) is 64.4 Å². The van der Waals surface area contributed by atoms with Crippen LogP contribution in [0.5, 0.6) is 5.75 Å². The van der Waals surface area contributed by atoms with Gasteiger partial charge in [-0.2, -0.15) is 0 Å². The van der Waals surface area contributed by atoms with Crippen LogP contribution in [0.1, 0.15) is 15.9 Å². The van der Waals surface area contributed by atoms with Crippen molar-refractivity contribution < 1.29 is 13.9 Å². The molecule has 0 atom stereocenters. The van der Waals surface area contributed by atoms with Gasteiger partial charge in [-0.15, -0.1) is 0 Å². The Kier molecular flexibility index (Phi) is 5.30. The first kappa shape index (κ1) is 19.5. The Balaban J connectivity index is 1.68. The van der Waals surface area contributed by atoms with Gasteiger partial charge < -0.3 is 14.5 Å². The molecular formula is C22H16BrClN2O3. The van der Waals surface area contributed by atoms with Crippen LogP contribution in [-0.2, 0) is 0 Å². The molecule has 1 N–H and O–H groups in total. The number of ether oxygens (including phenoxy) is 1. The highest BCUT2D eigenvalue weighted by atomic mass is 79.9. The standard InChI is InChI=1S/C22H16BrClN2O3/c1-12-3-7-20-18(9-12)26-22(29-20)13-4-6-16(24)17(10-13)25-21(27)15-11-14(23)5-8-19(15)28-2/h3-11H,1-2H3,(H,25,27). The summed E-state index contributed by atoms with van der Waals surface area (Å²) in [6, 6.07) is 16.3. The lowest BCUT2D eigenvalue weighted by Gasteiger charge is -2.11. The van der Waals surface area contributed by atoms with Gasteiger partial charge >= 0.3 is 0 Å². The van der Waals surface area contributed by atoms with E-state index in [1.807, 2.05) is 25.1 Å². The first-order valence-corrected chi connectivity index (χ1v) is 9.93. The zero-order valence-electron chi connectivity index (χ0n) is 15.6. The van der Waals surface area contributed by atoms with E-state index in [2.05, 4.69) is 26.2 Å². The summed E-state index contributed by atoms with van der Waals surface area (Å²) in [6.45, 7) is 2.00. The molecule has 0 aliphatic heterocycles. The number of methoxy groups -OCH3 is 1. The maximum absolute atomic E-state index is 12.8. The molecule has 4 aromatic rings. The molecule has 0 saturated carbocycles. The number of aryl methyl sites for hydroxylation is 1. The number of halogens is 2. The number of hydrogen-bond donors (Lipinski definition) is 1. The molecule has 4 rings (SSSR count). The number of oxazole rings is 1. The Morgan fingerprint density at radius 1 is 1.14 bits per heavy atom. The highest BCUT2D eigenvalue weighted by molar-refractivity contribution is 9.10. The minimum absolute atomic E-state index is 0.338. The van der Waals surface area contributed by atoms with Crippen molar-refractivity contribution in [3.63, 3.8) is 0 Å². The van der Waals surface area contributed by atoms with E-state index < -0.39 is 0 Å². The molecule has 1 amide bonds. The number of nitrogens with one attached hydrogen (secondary N) is 1. The molecule has 3 aromatic carbocycles. The van der Waals surface area contributed by atoms with Crippen molar-refractivity contribution in [2.75, 3.05) is 12.4 Å². The zero-order valence-corrected chi connectivity index (χ0v) is 18.0. The number of aromatic nitrogens is 1. The van der Waals surface area contributed by atoms with Gasteiger partial charge in [0.1, 0.15) is 11.3 Å². The van der Waals surface area contributed by atoms with Crippen molar-refractivity contribution in [2.45, 2.75) is 6.92 Å². The summed E-state index contributed by atoms with van der Waals surface area (Å²) < 4.78 is 11.9. The summed E-state index contributed by atoms with van der Waals surface area (Å²) in [5.74, 6) is 0.584. The molecule has 5 nitrogen and oxygen atoms in total. The van der Waals surface area contributed by atoms with Crippen LogP contribution in [0.4, 0.5) is 5.69 Å². The molecule has 29 heavy (non-hydrogen) atoms. The van der Waals surface area contributed by atoms with Gasteiger partial charge in [-0.1, -0.05) is 33.6 Å². The third-order valence-corrected chi connectivity index (χ3v) is 5.23. The van der Waals surface area contributed by atoms with Crippen LogP contribution in [0.2, 0.25) is 5.02 Å². The van der Waals surface area contributed by atoms with Crippen LogP contribution in [0.25, 0.3) is 22.6 Å². The lowest BCUT2D eigenvalue weighted by molar-refractivity contribution is 0.102. The van der Waals surface area contributed by atoms with Crippen LogP contribution in [0, 0.1) is 6.92 Å². The normalized spacial score (nSPS) is 10.9. The SMILES string of the molecule is COc1ccc(Br)cc1C(=O)Nc1cc(-c2nc3cc(C)ccc3o2)ccc1Cl. The molecule has 0 radical (unpaired) electrons. The predicted molar refractivity (Wildman–Crippen MR) is 118 cm³/mol. The van der Waals surface area contributed by atoms with E-state index in [1.54, 1.807) is 36.4 Å². The molecule has 0 spiro atoms. The number of anilines is 1. The Hall–Kier alpha value is -2.83. The van der Waals surface area contributed by atoms with Crippen molar-refractivity contribution in [3.8, 4) is 17.2 Å². The highest BCUT2D eigenvalue weighted by Gasteiger charge is 2.16. The Morgan fingerprint density at radius 3 is 2.76 bits per heavy atom. The van der Waals surface area contributed by atoms with Crippen molar-refractivity contribution in [2.24, 2.45) is 0 Å². The lowest BCUT2D eigenvalue weighted by Crippen LogP contribution is -2.13. The van der Waals surface area contributed by atoms with E-state index in [1.165, 1.54) is 7.11 Å². The molecule has 0 saturated heterocycles. The van der Waals surface area contributed by atoms with Gasteiger partial charge in [0.15, 0.2) is 5.58 Å². The van der Waals surface area contributed by atoms with Gasteiger partial charge in [0.05, 0.1) is 23.4 Å². The van der Waals surface area contributed by atoms with Crippen molar-refractivity contribution in [1.29, 1.82) is 0 Å². The second kappa shape index (κ2) is 7.89. The van der Waals surface area contributed by atoms with Gasteiger partial charge in [-0.05, 0) is 61.0 Å². The number of amides is 1. The molecule has 0 bridgehead atoms. The summed E-state index contributed by atoms with van der Waals surface area (Å²) >= 11 is 9.69. The first-order chi connectivity index (χ1) is 13.9. The second-order valence-corrected chi connectivity index (χ2v) is 7.81. The van der Waals surface area contributed by atoms with Crippen LogP contribution in [0.15, 0.2) is 63.5 Å². The van der Waals surface area contributed by atoms with Crippen LogP contribution in [-0.4, -0.2) is 18.0 Å². The van der Waals surface area contributed by atoms with Gasteiger partial charge in [-0.25, -0.2) is 4.98 Å². The smallest absolute Gasteiger partial charge is 0.259 e. The Morgan fingerprint density at radius 2 is 1.97 bits per heavy atom. The van der Waals surface area contributed by atoms with Crippen LogP contribution < -0.4 is 10.1 Å². The third-order valence-electron chi connectivity index (χ3n) is 4.41. The largest absolute Gasteiger partial charge is 0.496 e. The van der Waals surface area contributed by atoms with E-state index in [0.29, 0.717) is 39.1 Å². The van der Waals surface area contributed by atoms with Crippen molar-refractivity contribution >= 4 is 50.2 Å². The van der Waals surface area contributed by atoms with Gasteiger partial charge in [0.25, 0.3) is 5.91 Å². The molecular weight excluding hydrogens is 456 g/mol. The fourth-order valence-corrected chi connectivity index (χ4v) is 3.49. The average molecular weight is 472 g/mol. The van der Waals surface area contributed by atoms with Crippen LogP contribution >= 0.6 is 27.5 Å². The van der Waals surface area contributed by atoms with E-state index in [0.717, 1.165) is 15.6 Å². The maximum Gasteiger partial charge on any atom is 0.259 e. The van der Waals surface area contributed by atoms with E-state index in [-0.39, 0.29) is 5.91 Å². The monoisotopic (exact) mass is 470 g/mol. The summed E-state index contributed by atoms with van der Waals surface area (Å²) in [5, 5.41) is 3.25. The molecule has 146 valence electrons. The number of carbonyl (C=O) groups excluding carboxylic acids is 1. The van der Waals surface area contributed by atoms with E-state index >= 15 is 0 Å². The quantitative estimate of drug-likeness (QED) is 0.370. The number of hydrogen-bond acceptors (Lipinski definition) is 4. The van der Waals surface area contributed by atoms with E-state index in [9.17, 15) is 4.79 Å². The number of fused-ring (bicyclic) bond motifs is 1. The molecule has 0 fully saturated rings. The van der Waals surface area contributed by atoms with Crippen LogP contribution in [0.3, 0.4) is 0 Å². The molecule has 1 aromatic heterocycles. The summed E-state index contributed by atoms with van der Waals surface area (Å²) in [4.78, 5) is 17.4. The molecule has 0 unspecified atom stereocenters. The molecule has 0 aliphatic rings. The number of nitrogens with zero attached hydrogens (tertiary/aromatic N) is 1. The third kappa shape index (κ3) is 3.99. The summed E-state index contributed by atoms with van der Waals surface area (Å²) in [5.41, 5.74) is 4.13. The lowest BCUT2D eigenvalue weighted by atomic mass is 10.1. The van der Waals surface area contributed by atoms with E-state index in [4.69, 9.17) is 20.8 Å². The molecule has 1 heterocycles. The number of rotatable bonds is 4. The minimum Gasteiger partial charge on any atom is -0.496 e. The summed E-state index contributed by atoms with van der Waals surface area (Å²) in [6.07, 6.45) is 0. The van der Waals surface area contributed by atoms with Crippen molar-refractivity contribution in [1.82, 2.24) is 4.98 Å². The van der Waals surface area contributed by atoms with Gasteiger partial charge in [-0.3, -0.25) is 4.79 Å². The summed E-state index contributed by atoms with van der Waals surface area (Å²) in [7, 11) is 1.52. The first-order valence-electron chi connectivity index (χ1n) is 8.76. The molecule has 7 heteroatoms.